The quantitative estimate of drug-likeness (QED) is 0.189. The third kappa shape index (κ3) is 5.81. The Morgan fingerprint density at radius 3 is 2.51 bits per heavy atom. The van der Waals surface area contributed by atoms with E-state index < -0.39 is 5.91 Å². The van der Waals surface area contributed by atoms with E-state index in [2.05, 4.69) is 11.6 Å². The van der Waals surface area contributed by atoms with E-state index in [4.69, 9.17) is 19.6 Å². The maximum Gasteiger partial charge on any atom is 0.283 e. The number of nitrogens with zero attached hydrogens (tertiary/aromatic N) is 2. The van der Waals surface area contributed by atoms with Gasteiger partial charge >= 0.3 is 0 Å². The molecule has 0 aromatic heterocycles. The number of thioether (sulfide) groups is 1. The van der Waals surface area contributed by atoms with Crippen LogP contribution in [0.1, 0.15) is 16.7 Å². The Labute approximate surface area is 231 Å². The minimum absolute atomic E-state index is 0.107. The van der Waals surface area contributed by atoms with Crippen LogP contribution in [-0.2, 0) is 11.2 Å². The number of allylic oxidation sites excluding steroid dienone is 1. The van der Waals surface area contributed by atoms with Gasteiger partial charge in [-0.25, -0.2) is 0 Å². The highest BCUT2D eigenvalue weighted by atomic mass is 32.2. The number of hydrogen-bond acceptors (Lipinski definition) is 6. The number of carbonyl (C=O) groups is 1. The number of methoxy groups -OCH3 is 1. The molecule has 1 N–H and O–H groups in total. The zero-order valence-corrected chi connectivity index (χ0v) is 22.2. The van der Waals surface area contributed by atoms with Crippen molar-refractivity contribution < 1.29 is 19.0 Å². The lowest BCUT2D eigenvalue weighted by molar-refractivity contribution is -0.114. The van der Waals surface area contributed by atoms with Crippen LogP contribution in [0.15, 0.2) is 101 Å². The van der Waals surface area contributed by atoms with Gasteiger partial charge in [0, 0.05) is 5.41 Å². The van der Waals surface area contributed by atoms with Gasteiger partial charge in [0.25, 0.3) is 5.91 Å². The average molecular weight is 538 g/mol. The SMILES string of the molecule is C=CCc1ccc(OCCOc2ccc(C=C3C(=N)N4C(c5ccccc5)=CSC4=NC3=O)cc2)c(OC)c1. The number of fused-ring (bicyclic) bond motifs is 1. The van der Waals surface area contributed by atoms with Crippen molar-refractivity contribution in [1.82, 2.24) is 4.90 Å². The summed E-state index contributed by atoms with van der Waals surface area (Å²) >= 11 is 1.35. The molecule has 0 unspecified atom stereocenters. The molecule has 0 atom stereocenters. The Kier molecular flexibility index (Phi) is 7.94. The van der Waals surface area contributed by atoms with E-state index in [9.17, 15) is 4.79 Å². The summed E-state index contributed by atoms with van der Waals surface area (Å²) in [6, 6.07) is 22.9. The first kappa shape index (κ1) is 26.1. The first-order valence-corrected chi connectivity index (χ1v) is 13.2. The normalized spacial score (nSPS) is 15.5. The summed E-state index contributed by atoms with van der Waals surface area (Å²) in [6.45, 7) is 4.46. The number of carbonyl (C=O) groups excluding carboxylic acids is 1. The second kappa shape index (κ2) is 11.9. The van der Waals surface area contributed by atoms with E-state index >= 15 is 0 Å². The molecule has 0 fully saturated rings. The zero-order chi connectivity index (χ0) is 27.2. The summed E-state index contributed by atoms with van der Waals surface area (Å²) in [7, 11) is 1.61. The number of nitrogens with one attached hydrogen (secondary N) is 1. The fourth-order valence-electron chi connectivity index (χ4n) is 4.18. The van der Waals surface area contributed by atoms with E-state index in [1.807, 2.05) is 84.3 Å². The minimum atomic E-state index is -0.424. The van der Waals surface area contributed by atoms with Gasteiger partial charge in [-0.15, -0.1) is 6.58 Å². The van der Waals surface area contributed by atoms with Crippen LogP contribution >= 0.6 is 11.8 Å². The number of amides is 1. The molecule has 3 aromatic carbocycles. The second-order valence-corrected chi connectivity index (χ2v) is 9.51. The molecule has 196 valence electrons. The van der Waals surface area contributed by atoms with Gasteiger partial charge in [0.05, 0.1) is 18.4 Å². The molecule has 5 rings (SSSR count). The maximum absolute atomic E-state index is 12.7. The summed E-state index contributed by atoms with van der Waals surface area (Å²) in [5.74, 6) is 1.68. The molecular formula is C31H27N3O4S. The predicted octanol–water partition coefficient (Wildman–Crippen LogP) is 6.19. The number of benzene rings is 3. The molecule has 0 aliphatic carbocycles. The Bertz CT molecular complexity index is 1490. The molecule has 0 spiro atoms. The van der Waals surface area contributed by atoms with Crippen molar-refractivity contribution in [3.63, 3.8) is 0 Å². The van der Waals surface area contributed by atoms with Crippen LogP contribution in [0.3, 0.4) is 0 Å². The molecule has 2 aliphatic heterocycles. The van der Waals surface area contributed by atoms with Crippen molar-refractivity contribution in [2.45, 2.75) is 6.42 Å². The molecule has 1 amide bonds. The summed E-state index contributed by atoms with van der Waals surface area (Å²) in [4.78, 5) is 18.7. The molecule has 2 heterocycles. The predicted molar refractivity (Wildman–Crippen MR) is 156 cm³/mol. The number of aliphatic imine (C=N–C) groups is 1. The topological polar surface area (TPSA) is 84.2 Å². The fourth-order valence-corrected chi connectivity index (χ4v) is 5.07. The van der Waals surface area contributed by atoms with Crippen LogP contribution in [0.2, 0.25) is 0 Å². The highest BCUT2D eigenvalue weighted by molar-refractivity contribution is 8.17. The van der Waals surface area contributed by atoms with Crippen molar-refractivity contribution in [1.29, 1.82) is 5.41 Å². The van der Waals surface area contributed by atoms with Gasteiger partial charge in [-0.2, -0.15) is 4.99 Å². The number of amidine groups is 2. The second-order valence-electron chi connectivity index (χ2n) is 8.67. The van der Waals surface area contributed by atoms with Gasteiger partial charge < -0.3 is 14.2 Å². The molecule has 0 bridgehead atoms. The van der Waals surface area contributed by atoms with E-state index in [0.717, 1.165) is 28.8 Å². The van der Waals surface area contributed by atoms with Gasteiger partial charge in [-0.05, 0) is 53.5 Å². The molecule has 39 heavy (non-hydrogen) atoms. The monoisotopic (exact) mass is 537 g/mol. The van der Waals surface area contributed by atoms with Crippen molar-refractivity contribution in [2.75, 3.05) is 20.3 Å². The third-order valence-corrected chi connectivity index (χ3v) is 6.92. The van der Waals surface area contributed by atoms with Crippen molar-refractivity contribution >= 4 is 40.4 Å². The van der Waals surface area contributed by atoms with Crippen molar-refractivity contribution in [3.05, 3.63) is 113 Å². The van der Waals surface area contributed by atoms with Crippen LogP contribution in [0.25, 0.3) is 11.8 Å². The number of hydrogen-bond donors (Lipinski definition) is 1. The summed E-state index contributed by atoms with van der Waals surface area (Å²) in [5, 5.41) is 11.2. The molecule has 7 nitrogen and oxygen atoms in total. The highest BCUT2D eigenvalue weighted by Crippen LogP contribution is 2.37. The lowest BCUT2D eigenvalue weighted by Gasteiger charge is -2.26. The van der Waals surface area contributed by atoms with E-state index in [0.29, 0.717) is 35.6 Å². The van der Waals surface area contributed by atoms with E-state index in [1.54, 1.807) is 18.1 Å². The molecule has 0 radical (unpaired) electrons. The summed E-state index contributed by atoms with van der Waals surface area (Å²) in [5.41, 5.74) is 3.90. The Balaban J connectivity index is 1.20. The zero-order valence-electron chi connectivity index (χ0n) is 21.4. The lowest BCUT2D eigenvalue weighted by Crippen LogP contribution is -2.38. The molecular weight excluding hydrogens is 510 g/mol. The van der Waals surface area contributed by atoms with Crippen LogP contribution in [-0.4, -0.2) is 42.1 Å². The molecule has 2 aliphatic rings. The van der Waals surface area contributed by atoms with Crippen molar-refractivity contribution in [2.24, 2.45) is 4.99 Å². The van der Waals surface area contributed by atoms with Crippen LogP contribution in [0, 0.1) is 5.41 Å². The fraction of sp³-hybridized carbons (Fsp3) is 0.129. The largest absolute Gasteiger partial charge is 0.493 e. The maximum atomic E-state index is 12.7. The molecule has 0 saturated carbocycles. The number of ether oxygens (including phenoxy) is 3. The first-order chi connectivity index (χ1) is 19.1. The van der Waals surface area contributed by atoms with Crippen LogP contribution in [0.4, 0.5) is 0 Å². The van der Waals surface area contributed by atoms with Crippen LogP contribution < -0.4 is 14.2 Å². The first-order valence-electron chi connectivity index (χ1n) is 12.4. The van der Waals surface area contributed by atoms with Gasteiger partial charge in [0.2, 0.25) is 0 Å². The highest BCUT2D eigenvalue weighted by Gasteiger charge is 2.36. The smallest absolute Gasteiger partial charge is 0.283 e. The lowest BCUT2D eigenvalue weighted by atomic mass is 10.1. The Hall–Kier alpha value is -4.56. The Morgan fingerprint density at radius 2 is 1.77 bits per heavy atom. The van der Waals surface area contributed by atoms with Crippen molar-refractivity contribution in [3.8, 4) is 17.2 Å². The molecule has 8 heteroatoms. The number of rotatable bonds is 10. The van der Waals surface area contributed by atoms with Gasteiger partial charge in [0.15, 0.2) is 16.7 Å². The van der Waals surface area contributed by atoms with Gasteiger partial charge in [-0.1, -0.05) is 66.4 Å². The van der Waals surface area contributed by atoms with Gasteiger partial charge in [0.1, 0.15) is 24.8 Å². The summed E-state index contributed by atoms with van der Waals surface area (Å²) in [6.07, 6.45) is 4.29. The standard InChI is InChI=1S/C31H27N3O4S/c1-3-7-21-12-15-27(28(19-21)36-2)38-17-16-37-24-13-10-22(11-14-24)18-25-29(32)34-26(23-8-5-4-6-9-23)20-39-31(34)33-30(25)35/h3-6,8-15,18-20,32H,1,7,16-17H2,2H3. The Morgan fingerprint density at radius 1 is 1.00 bits per heavy atom. The summed E-state index contributed by atoms with van der Waals surface area (Å²) < 4.78 is 17.1. The van der Waals surface area contributed by atoms with Crippen LogP contribution in [0.5, 0.6) is 17.2 Å². The van der Waals surface area contributed by atoms with Gasteiger partial charge in [-0.3, -0.25) is 15.1 Å². The van der Waals surface area contributed by atoms with E-state index in [1.165, 1.54) is 11.8 Å². The molecule has 3 aromatic rings. The third-order valence-electron chi connectivity index (χ3n) is 6.09. The minimum Gasteiger partial charge on any atom is -0.493 e. The average Bonchev–Trinajstić information content (AvgIpc) is 3.39. The molecule has 0 saturated heterocycles. The van der Waals surface area contributed by atoms with E-state index in [-0.39, 0.29) is 11.4 Å².